The zero-order chi connectivity index (χ0) is 14.5. The Balaban J connectivity index is 2.01. The quantitative estimate of drug-likeness (QED) is 0.788. The number of halogens is 1. The van der Waals surface area contributed by atoms with Gasteiger partial charge in [0.1, 0.15) is 17.3 Å². The molecule has 0 aromatic carbocycles. The Hall–Kier alpha value is -2.42. The molecular weight excluding hydrogens is 288 g/mol. The second-order valence-electron chi connectivity index (χ2n) is 3.71. The fourth-order valence-electron chi connectivity index (χ4n) is 1.38. The Morgan fingerprint density at radius 1 is 1.60 bits per heavy atom. The second-order valence-corrected chi connectivity index (χ2v) is 4.12. The van der Waals surface area contributed by atoms with Gasteiger partial charge in [-0.3, -0.25) is 4.79 Å². The molecule has 0 saturated heterocycles. The molecule has 106 valence electrons. The SMILES string of the molecule is COc1ncc(Cl)c(NCc2cn(CC(=O)O)nn2)n1. The molecule has 2 rings (SSSR count). The molecule has 0 atom stereocenters. The van der Waals surface area contributed by atoms with Crippen molar-refractivity contribution in [3.8, 4) is 6.01 Å². The number of hydrogen-bond acceptors (Lipinski definition) is 7. The fourth-order valence-corrected chi connectivity index (χ4v) is 1.54. The molecule has 0 saturated carbocycles. The first-order valence-corrected chi connectivity index (χ1v) is 5.87. The van der Waals surface area contributed by atoms with Crippen molar-refractivity contribution < 1.29 is 14.6 Å². The topological polar surface area (TPSA) is 115 Å². The lowest BCUT2D eigenvalue weighted by atomic mass is 10.4. The van der Waals surface area contributed by atoms with E-state index in [1.165, 1.54) is 24.2 Å². The largest absolute Gasteiger partial charge is 0.480 e. The van der Waals surface area contributed by atoms with E-state index in [9.17, 15) is 4.79 Å². The molecule has 0 unspecified atom stereocenters. The van der Waals surface area contributed by atoms with Crippen LogP contribution < -0.4 is 10.1 Å². The van der Waals surface area contributed by atoms with Gasteiger partial charge in [0.15, 0.2) is 5.82 Å². The number of methoxy groups -OCH3 is 1. The summed E-state index contributed by atoms with van der Waals surface area (Å²) in [5, 5.41) is 19.4. The molecule has 2 aromatic heterocycles. The summed E-state index contributed by atoms with van der Waals surface area (Å²) in [6.45, 7) is 0.0502. The summed E-state index contributed by atoms with van der Waals surface area (Å²) in [5.41, 5.74) is 0.555. The summed E-state index contributed by atoms with van der Waals surface area (Å²) < 4.78 is 6.12. The number of aliphatic carboxylic acids is 1. The molecule has 0 aliphatic rings. The third kappa shape index (κ3) is 3.54. The van der Waals surface area contributed by atoms with Gasteiger partial charge in [0.05, 0.1) is 26.0 Å². The van der Waals surface area contributed by atoms with Crippen LogP contribution in [0.25, 0.3) is 0 Å². The van der Waals surface area contributed by atoms with E-state index in [0.29, 0.717) is 23.1 Å². The first kappa shape index (κ1) is 14.0. The van der Waals surface area contributed by atoms with Gasteiger partial charge in [-0.15, -0.1) is 5.10 Å². The van der Waals surface area contributed by atoms with E-state index in [2.05, 4.69) is 25.6 Å². The van der Waals surface area contributed by atoms with Crippen LogP contribution in [0.1, 0.15) is 5.69 Å². The minimum absolute atomic E-state index is 0.187. The predicted octanol–water partition coefficient (Wildman–Crippen LogP) is 0.427. The molecule has 2 heterocycles. The summed E-state index contributed by atoms with van der Waals surface area (Å²) in [6, 6.07) is 0.187. The molecule has 0 fully saturated rings. The average molecular weight is 299 g/mol. The number of hydrogen-bond donors (Lipinski definition) is 2. The van der Waals surface area contributed by atoms with Crippen LogP contribution >= 0.6 is 11.6 Å². The van der Waals surface area contributed by atoms with E-state index < -0.39 is 5.97 Å². The highest BCUT2D eigenvalue weighted by molar-refractivity contribution is 6.32. The lowest BCUT2D eigenvalue weighted by Crippen LogP contribution is -2.09. The van der Waals surface area contributed by atoms with Crippen molar-refractivity contribution in [2.75, 3.05) is 12.4 Å². The van der Waals surface area contributed by atoms with Gasteiger partial charge < -0.3 is 15.2 Å². The lowest BCUT2D eigenvalue weighted by molar-refractivity contribution is -0.137. The summed E-state index contributed by atoms with van der Waals surface area (Å²) in [4.78, 5) is 18.4. The lowest BCUT2D eigenvalue weighted by Gasteiger charge is -2.06. The molecule has 0 amide bonds. The summed E-state index contributed by atoms with van der Waals surface area (Å²) in [7, 11) is 1.45. The minimum atomic E-state index is -0.988. The summed E-state index contributed by atoms with van der Waals surface area (Å²) >= 11 is 5.93. The average Bonchev–Trinajstić information content (AvgIpc) is 2.84. The van der Waals surface area contributed by atoms with Gasteiger partial charge in [0, 0.05) is 0 Å². The monoisotopic (exact) mass is 298 g/mol. The normalized spacial score (nSPS) is 10.3. The van der Waals surface area contributed by atoms with E-state index in [4.69, 9.17) is 21.4 Å². The number of ether oxygens (including phenoxy) is 1. The molecule has 0 aliphatic heterocycles. The van der Waals surface area contributed by atoms with Crippen LogP contribution in [0.3, 0.4) is 0 Å². The molecule has 2 N–H and O–H groups in total. The Morgan fingerprint density at radius 3 is 3.10 bits per heavy atom. The first-order chi connectivity index (χ1) is 9.58. The van der Waals surface area contributed by atoms with E-state index in [1.807, 2.05) is 0 Å². The Labute approximate surface area is 118 Å². The van der Waals surface area contributed by atoms with E-state index in [0.717, 1.165) is 0 Å². The third-order valence-electron chi connectivity index (χ3n) is 2.22. The van der Waals surface area contributed by atoms with Crippen LogP contribution in [-0.2, 0) is 17.9 Å². The van der Waals surface area contributed by atoms with Crippen LogP contribution in [0.4, 0.5) is 5.82 Å². The maximum atomic E-state index is 10.5. The van der Waals surface area contributed by atoms with Crippen molar-refractivity contribution in [2.45, 2.75) is 13.1 Å². The zero-order valence-electron chi connectivity index (χ0n) is 10.4. The molecule has 2 aromatic rings. The number of carboxylic acid groups (broad SMARTS) is 1. The van der Waals surface area contributed by atoms with E-state index in [-0.39, 0.29) is 12.6 Å². The van der Waals surface area contributed by atoms with E-state index in [1.54, 1.807) is 0 Å². The highest BCUT2D eigenvalue weighted by Gasteiger charge is 2.08. The highest BCUT2D eigenvalue weighted by atomic mass is 35.5. The predicted molar refractivity (Wildman–Crippen MR) is 68.6 cm³/mol. The van der Waals surface area contributed by atoms with E-state index >= 15 is 0 Å². The second kappa shape index (κ2) is 6.15. The number of anilines is 1. The summed E-state index contributed by atoms with van der Waals surface area (Å²) in [6.07, 6.45) is 2.93. The van der Waals surface area contributed by atoms with Crippen molar-refractivity contribution in [2.24, 2.45) is 0 Å². The van der Waals surface area contributed by atoms with Crippen LogP contribution in [0.15, 0.2) is 12.4 Å². The van der Waals surface area contributed by atoms with Crippen molar-refractivity contribution in [3.05, 3.63) is 23.1 Å². The van der Waals surface area contributed by atoms with Gasteiger partial charge in [-0.05, 0) is 0 Å². The molecular formula is C10H11ClN6O3. The maximum absolute atomic E-state index is 10.5. The first-order valence-electron chi connectivity index (χ1n) is 5.49. The van der Waals surface area contributed by atoms with Crippen LogP contribution in [0, 0.1) is 0 Å². The molecule has 9 nitrogen and oxygen atoms in total. The smallest absolute Gasteiger partial charge is 0.325 e. The van der Waals surface area contributed by atoms with Gasteiger partial charge in [-0.1, -0.05) is 16.8 Å². The van der Waals surface area contributed by atoms with Gasteiger partial charge in [0.25, 0.3) is 0 Å². The van der Waals surface area contributed by atoms with Crippen molar-refractivity contribution in [1.82, 2.24) is 25.0 Å². The maximum Gasteiger partial charge on any atom is 0.325 e. The Kier molecular flexibility index (Phi) is 4.31. The number of carboxylic acids is 1. The molecule has 20 heavy (non-hydrogen) atoms. The fraction of sp³-hybridized carbons (Fsp3) is 0.300. The Morgan fingerprint density at radius 2 is 2.40 bits per heavy atom. The van der Waals surface area contributed by atoms with Crippen LogP contribution in [0.2, 0.25) is 5.02 Å². The zero-order valence-corrected chi connectivity index (χ0v) is 11.2. The van der Waals surface area contributed by atoms with Gasteiger partial charge in [-0.2, -0.15) is 4.98 Å². The van der Waals surface area contributed by atoms with Gasteiger partial charge >= 0.3 is 12.0 Å². The molecule has 10 heteroatoms. The third-order valence-corrected chi connectivity index (χ3v) is 2.50. The van der Waals surface area contributed by atoms with Crippen molar-refractivity contribution >= 4 is 23.4 Å². The molecule has 0 spiro atoms. The van der Waals surface area contributed by atoms with Gasteiger partial charge in [0.2, 0.25) is 0 Å². The highest BCUT2D eigenvalue weighted by Crippen LogP contribution is 2.20. The number of nitrogens with zero attached hydrogens (tertiary/aromatic N) is 5. The molecule has 0 aliphatic carbocycles. The Bertz CT molecular complexity index is 617. The minimum Gasteiger partial charge on any atom is -0.480 e. The van der Waals surface area contributed by atoms with Crippen LogP contribution in [0.5, 0.6) is 6.01 Å². The number of rotatable bonds is 6. The number of nitrogens with one attached hydrogen (secondary N) is 1. The number of aromatic nitrogens is 5. The standard InChI is InChI=1S/C10H11ClN6O3/c1-20-10-13-3-7(11)9(14-10)12-2-6-4-17(16-15-6)5-8(18)19/h3-4H,2,5H2,1H3,(H,18,19)(H,12,13,14). The van der Waals surface area contributed by atoms with Gasteiger partial charge in [-0.25, -0.2) is 9.67 Å². The number of carbonyl (C=O) groups is 1. The van der Waals surface area contributed by atoms with Crippen molar-refractivity contribution in [1.29, 1.82) is 0 Å². The molecule has 0 radical (unpaired) electrons. The molecule has 0 bridgehead atoms. The van der Waals surface area contributed by atoms with Crippen LogP contribution in [-0.4, -0.2) is 43.1 Å². The summed E-state index contributed by atoms with van der Waals surface area (Å²) in [5.74, 6) is -0.593. The van der Waals surface area contributed by atoms with Crippen molar-refractivity contribution in [3.63, 3.8) is 0 Å².